The van der Waals surface area contributed by atoms with Crippen LogP contribution in [0.5, 0.6) is 28.7 Å². The Labute approximate surface area is 826 Å². The summed E-state index contributed by atoms with van der Waals surface area (Å²) in [5, 5.41) is 26.2. The molecule has 11 aromatic carbocycles. The Bertz CT molecular complexity index is 6860. The molecule has 0 saturated carbocycles. The number of hydrogen-bond acceptors (Lipinski definition) is 22. The van der Waals surface area contributed by atoms with Crippen LogP contribution in [0.4, 0.5) is 65.6 Å². The van der Waals surface area contributed by atoms with E-state index in [1.807, 2.05) is 81.4 Å². The van der Waals surface area contributed by atoms with E-state index < -0.39 is 16.1 Å². The third-order valence-electron chi connectivity index (χ3n) is 17.4. The standard InChI is InChI=1S/C17H13FN2OS.C16H11FN2OS.C12H16FNSi.C9H8FN.C9H8INOS.C9H10N2OS.C9H9NOS.C7H7BrFN.C6H5BrFN.C5H10Si.CH4/c1-19-14-6-3-11(9-13(14)18)4-8-17-20-15-7-5-12(21-2)10-16(15)22-17;1-18-13-5-2-10(8-12(13)17)3-7-16-19-14-6-4-11(20)9-15(14)21-16;1-14-12-6-5-10(9-11(12)13)7-8-15(2,3)4;1-3-7-4-5-9(11-2)8(10)6-7;2*1-5-3-6-8(4-7(5)12-2)13-9(10)11-6;1-6-10-8-4-3-7(11-2)5-9(8)12-6;1-10-7-3-2-5(8)4-6(7)9;7-4-1-2-6(9)5(8)3-4;1-5-6(2,3)4;/h3,5-7,9-10,19H,1-2H3;2,4-6,8-9,18,20H,1H3;5-6,9,14H,1-4H3;1,4-6,11H,2H3;3-4H,1-2H3;3-4H,1-2H3,(H2,10,11);3-5H,1-2H3;2-4,10H,1H3;1-3H,9H2;1H,2-4H3;1H4. The number of aromatic hydroxyl groups is 1. The number of aromatic nitrogens is 5. The Morgan fingerprint density at radius 3 is 1.16 bits per heavy atom. The van der Waals surface area contributed by atoms with Gasteiger partial charge in [0.05, 0.1) is 119 Å². The molecule has 0 unspecified atom stereocenters. The summed E-state index contributed by atoms with van der Waals surface area (Å²) in [6, 6.07) is 53.4. The van der Waals surface area contributed by atoms with Crippen LogP contribution in [0.1, 0.15) is 55.8 Å². The number of aryl methyl sites for hydroxylation is 3. The zero-order valence-electron chi connectivity index (χ0n) is 75.5. The molecule has 0 aliphatic heterocycles. The first-order chi connectivity index (χ1) is 62.7. The minimum atomic E-state index is -1.38. The van der Waals surface area contributed by atoms with Crippen molar-refractivity contribution in [1.82, 2.24) is 24.9 Å². The largest absolute Gasteiger partial charge is 0.508 e. The van der Waals surface area contributed by atoms with E-state index in [0.717, 1.165) is 93.9 Å². The first-order valence-corrected chi connectivity index (χ1v) is 53.5. The number of thiazole rings is 5. The fourth-order valence-corrected chi connectivity index (χ4v) is 16.8. The summed E-state index contributed by atoms with van der Waals surface area (Å²) in [7, 11) is 12.6. The maximum Gasteiger partial charge on any atom is 0.181 e. The summed E-state index contributed by atoms with van der Waals surface area (Å²) in [5.41, 5.74) is 28.8. The number of methoxy groups -OCH3 is 4. The number of nitrogen functional groups attached to an aromatic ring is 2. The predicted molar refractivity (Wildman–Crippen MR) is 572 cm³/mol. The number of nitrogens with two attached hydrogens (primary N) is 2. The lowest BCUT2D eigenvalue weighted by Gasteiger charge is -2.04. The number of ether oxygens (including phenoxy) is 4. The van der Waals surface area contributed by atoms with Crippen LogP contribution in [0.2, 0.25) is 39.3 Å². The van der Waals surface area contributed by atoms with Crippen molar-refractivity contribution < 1.29 is 50.4 Å². The van der Waals surface area contributed by atoms with Crippen LogP contribution < -0.4 is 57.0 Å². The molecule has 0 amide bonds. The minimum absolute atomic E-state index is 0. The van der Waals surface area contributed by atoms with Crippen LogP contribution in [0, 0.1) is 118 Å². The SMILES string of the molecule is C.C#C[Si](C)(C)C.C#Cc1ccc(NC)c(F)c1.CNc1ccc(Br)cc1F.CNc1ccc(C#C[Si](C)(C)C)cc1F.CNc1ccc(C#Cc2nc3ccc(O)cc3s2)cc1F.CNc1ccc(C#Cc2nc3ccc(OC)cc3s2)cc1F.COc1cc2sc(I)nc2cc1C.COc1cc2sc(N)nc2cc1C.COc1ccc2nc(C)sc2c1.Nc1ccc(Br)cc1F. The van der Waals surface area contributed by atoms with E-state index in [1.54, 1.807) is 165 Å². The van der Waals surface area contributed by atoms with Gasteiger partial charge in [0.25, 0.3) is 0 Å². The molecule has 133 heavy (non-hydrogen) atoms. The average Bonchev–Trinajstić information content (AvgIpc) is 1.80. The van der Waals surface area contributed by atoms with Gasteiger partial charge in [-0.25, -0.2) is 51.3 Å². The van der Waals surface area contributed by atoms with E-state index >= 15 is 0 Å². The van der Waals surface area contributed by atoms with Gasteiger partial charge in [-0.2, -0.15) is 0 Å². The lowest BCUT2D eigenvalue weighted by Crippen LogP contribution is -2.16. The first-order valence-electron chi connectivity index (χ1n) is 39.8. The lowest BCUT2D eigenvalue weighted by molar-refractivity contribution is 0.412. The Morgan fingerprint density at radius 1 is 0.391 bits per heavy atom. The number of anilines is 7. The molecule has 0 aliphatic carbocycles. The van der Waals surface area contributed by atoms with Gasteiger partial charge in [0.1, 0.15) is 79.8 Å². The highest BCUT2D eigenvalue weighted by molar-refractivity contribution is 14.1. The van der Waals surface area contributed by atoms with Crippen molar-refractivity contribution in [2.24, 2.45) is 0 Å². The predicted octanol–water partition coefficient (Wildman–Crippen LogP) is 27.4. The third-order valence-corrected chi connectivity index (χ3v) is 25.5. The molecular weight excluding hydrogens is 2070 g/mol. The molecule has 0 bridgehead atoms. The molecule has 5 heterocycles. The molecule has 0 aliphatic rings. The highest BCUT2D eigenvalue weighted by atomic mass is 127. The summed E-state index contributed by atoms with van der Waals surface area (Å²) in [6.45, 7) is 19.0. The zero-order chi connectivity index (χ0) is 97.1. The van der Waals surface area contributed by atoms with Crippen molar-refractivity contribution in [3.63, 3.8) is 0 Å². The maximum absolute atomic E-state index is 13.7. The van der Waals surface area contributed by atoms with Gasteiger partial charge in [0, 0.05) is 66.4 Å². The summed E-state index contributed by atoms with van der Waals surface area (Å²) < 4.78 is 107. The van der Waals surface area contributed by atoms with Gasteiger partial charge in [-0.05, 0) is 254 Å². The van der Waals surface area contributed by atoms with Crippen LogP contribution in [0.25, 0.3) is 51.1 Å². The molecule has 0 radical (unpaired) electrons. The van der Waals surface area contributed by atoms with Crippen LogP contribution in [0.15, 0.2) is 197 Å². The Balaban J connectivity index is 0.000000231. The molecule has 0 spiro atoms. The number of phenolic OH excluding ortho intramolecular Hbond substituents is 1. The fraction of sp³-hybridized carbons (Fsp3) is 0.190. The van der Waals surface area contributed by atoms with Crippen molar-refractivity contribution in [1.29, 1.82) is 0 Å². The maximum atomic E-state index is 13.7. The van der Waals surface area contributed by atoms with Crippen LogP contribution in [0.3, 0.4) is 0 Å². The fourth-order valence-electron chi connectivity index (χ4n) is 10.6. The second kappa shape index (κ2) is 53.6. The summed E-state index contributed by atoms with van der Waals surface area (Å²) >= 11 is 16.2. The average molecular weight is 2170 g/mol. The van der Waals surface area contributed by atoms with Crippen molar-refractivity contribution in [3.8, 4) is 88.2 Å². The van der Waals surface area contributed by atoms with E-state index in [2.05, 4.69) is 198 Å². The van der Waals surface area contributed by atoms with E-state index in [1.165, 1.54) is 85.9 Å². The smallest absolute Gasteiger partial charge is 0.181 e. The first kappa shape index (κ1) is 110. The highest BCUT2D eigenvalue weighted by Crippen LogP contribution is 2.34. The number of fused-ring (bicyclic) bond motifs is 5. The summed E-state index contributed by atoms with van der Waals surface area (Å²) in [4.78, 5) is 21.7. The van der Waals surface area contributed by atoms with Crippen LogP contribution >= 0.6 is 111 Å². The molecule has 10 N–H and O–H groups in total. The third kappa shape index (κ3) is 35.8. The Hall–Kier alpha value is -12.0. The van der Waals surface area contributed by atoms with Crippen molar-refractivity contribution >= 4 is 218 Å². The van der Waals surface area contributed by atoms with Gasteiger partial charge in [-0.1, -0.05) is 114 Å². The molecule has 33 heteroatoms. The van der Waals surface area contributed by atoms with E-state index in [-0.39, 0.29) is 53.8 Å². The molecule has 0 saturated heterocycles. The second-order valence-electron chi connectivity index (χ2n) is 29.5. The van der Waals surface area contributed by atoms with E-state index in [4.69, 9.17) is 43.3 Å². The van der Waals surface area contributed by atoms with E-state index in [9.17, 15) is 31.4 Å². The number of phenols is 1. The number of halogens is 9. The molecule has 0 fully saturated rings. The van der Waals surface area contributed by atoms with Crippen molar-refractivity contribution in [2.75, 3.05) is 102 Å². The zero-order valence-corrected chi connectivity index (χ0v) is 86.9. The monoisotopic (exact) mass is 2160 g/mol. The molecule has 17 nitrogen and oxygen atoms in total. The van der Waals surface area contributed by atoms with Gasteiger partial charge in [-0.15, -0.1) is 69.3 Å². The topological polar surface area (TPSA) is 234 Å². The number of rotatable bonds is 9. The quantitative estimate of drug-likeness (QED) is 0.0221. The normalized spacial score (nSPS) is 10.1. The van der Waals surface area contributed by atoms with Gasteiger partial charge >= 0.3 is 0 Å². The number of nitrogens with one attached hydrogen (secondary N) is 5. The van der Waals surface area contributed by atoms with Crippen molar-refractivity contribution in [3.05, 3.63) is 283 Å². The van der Waals surface area contributed by atoms with Gasteiger partial charge in [-0.3, -0.25) is 0 Å². The van der Waals surface area contributed by atoms with Crippen LogP contribution in [-0.2, 0) is 0 Å². The Morgan fingerprint density at radius 2 is 0.759 bits per heavy atom. The molecule has 692 valence electrons. The lowest BCUT2D eigenvalue weighted by atomic mass is 10.2. The van der Waals surface area contributed by atoms with E-state index in [0.29, 0.717) is 64.7 Å². The van der Waals surface area contributed by atoms with Crippen LogP contribution in [-0.4, -0.2) is 110 Å². The Kier molecular flexibility index (Phi) is 44.2. The molecule has 0 atom stereocenters. The highest BCUT2D eigenvalue weighted by Gasteiger charge is 2.13. The van der Waals surface area contributed by atoms with Gasteiger partial charge in [0.15, 0.2) is 18.2 Å². The number of hydrogen-bond donors (Lipinski definition) is 8. The van der Waals surface area contributed by atoms with Gasteiger partial charge in [0.2, 0.25) is 0 Å². The molecular formula is C100H101Br2F6IN12O5S5Si2. The molecule has 16 rings (SSSR count). The van der Waals surface area contributed by atoms with Crippen molar-refractivity contribution in [2.45, 2.75) is 67.5 Å². The number of nitrogens with zero attached hydrogens (tertiary/aromatic N) is 5. The number of terminal acetylenes is 2. The number of benzene rings is 11. The minimum Gasteiger partial charge on any atom is -0.508 e. The second-order valence-corrected chi connectivity index (χ2v) is 48.1. The molecule has 16 aromatic rings. The summed E-state index contributed by atoms with van der Waals surface area (Å²) in [5.74, 6) is 19.0. The summed E-state index contributed by atoms with van der Waals surface area (Å²) in [6.07, 6.45) is 10.2. The van der Waals surface area contributed by atoms with Gasteiger partial charge < -0.3 is 62.1 Å². The molecule has 5 aromatic heterocycles.